The Morgan fingerprint density at radius 2 is 1.85 bits per heavy atom. The highest BCUT2D eigenvalue weighted by Gasteiger charge is 2.44. The normalized spacial score (nSPS) is 31.5. The average Bonchev–Trinajstić information content (AvgIpc) is 3.17. The number of carbonyl (C=O) groups excluding carboxylic acids is 1. The minimum Gasteiger partial charge on any atom is -0.336 e. The second-order valence-corrected chi connectivity index (χ2v) is 8.38. The molecule has 0 unspecified atom stereocenters. The number of carbonyl (C=O) groups is 1. The lowest BCUT2D eigenvalue weighted by molar-refractivity contribution is -0.139. The maximum Gasteiger partial charge on any atom is 0.228 e. The van der Waals surface area contributed by atoms with Crippen LogP contribution in [0.2, 0.25) is 0 Å². The van der Waals surface area contributed by atoms with E-state index in [1.54, 1.807) is 0 Å². The van der Waals surface area contributed by atoms with Gasteiger partial charge in [0.25, 0.3) is 0 Å². The Balaban J connectivity index is 0.00000196. The Labute approximate surface area is 163 Å². The van der Waals surface area contributed by atoms with Crippen molar-refractivity contribution in [3.63, 3.8) is 0 Å². The van der Waals surface area contributed by atoms with Gasteiger partial charge in [-0.25, -0.2) is 0 Å². The summed E-state index contributed by atoms with van der Waals surface area (Å²) in [5, 5.41) is 7.78. The van der Waals surface area contributed by atoms with Gasteiger partial charge >= 0.3 is 0 Å². The number of hydrogen-bond acceptors (Lipinski definition) is 3. The number of nitrogens with zero attached hydrogens (tertiary/aromatic N) is 3. The van der Waals surface area contributed by atoms with Gasteiger partial charge < -0.3 is 10.2 Å². The highest BCUT2D eigenvalue weighted by atomic mass is 35.5. The van der Waals surface area contributed by atoms with Crippen LogP contribution in [0.15, 0.2) is 12.4 Å². The van der Waals surface area contributed by atoms with Gasteiger partial charge in [-0.2, -0.15) is 5.10 Å². The molecule has 1 aliphatic heterocycles. The quantitative estimate of drug-likeness (QED) is 0.853. The van der Waals surface area contributed by atoms with Crippen molar-refractivity contribution in [3.05, 3.63) is 18.0 Å². The van der Waals surface area contributed by atoms with Gasteiger partial charge in [0.2, 0.25) is 5.91 Å². The zero-order valence-corrected chi connectivity index (χ0v) is 16.9. The maximum absolute atomic E-state index is 13.5. The molecule has 5 nitrogen and oxygen atoms in total. The van der Waals surface area contributed by atoms with E-state index >= 15 is 0 Å². The molecule has 0 radical (unpaired) electrons. The fourth-order valence-corrected chi connectivity index (χ4v) is 4.95. The summed E-state index contributed by atoms with van der Waals surface area (Å²) < 4.78 is 1.85. The molecule has 4 rings (SSSR count). The van der Waals surface area contributed by atoms with Gasteiger partial charge in [0.1, 0.15) is 0 Å². The van der Waals surface area contributed by atoms with Crippen molar-refractivity contribution in [1.29, 1.82) is 0 Å². The van der Waals surface area contributed by atoms with Crippen LogP contribution < -0.4 is 5.32 Å². The van der Waals surface area contributed by atoms with E-state index in [0.29, 0.717) is 18.0 Å². The highest BCUT2D eigenvalue weighted by Crippen LogP contribution is 2.39. The Morgan fingerprint density at radius 3 is 2.38 bits per heavy atom. The maximum atomic E-state index is 13.5. The zero-order valence-electron chi connectivity index (χ0n) is 16.1. The van der Waals surface area contributed by atoms with E-state index in [-0.39, 0.29) is 24.2 Å². The lowest BCUT2D eigenvalue weighted by Gasteiger charge is -2.39. The highest BCUT2D eigenvalue weighted by molar-refractivity contribution is 5.85. The van der Waals surface area contributed by atoms with E-state index in [0.717, 1.165) is 19.0 Å². The molecule has 3 fully saturated rings. The molecule has 6 heteroatoms. The molecule has 2 heterocycles. The smallest absolute Gasteiger partial charge is 0.228 e. The topological polar surface area (TPSA) is 50.2 Å². The van der Waals surface area contributed by atoms with Gasteiger partial charge in [-0.15, -0.1) is 12.4 Å². The number of nitrogens with one attached hydrogen (secondary N) is 1. The SMILES string of the molecule is CCC1CCC(N(C(=O)[C@H]2CNC[C@@H]2c2cnn(C)c2)C2CC2)CC1.Cl. The first-order valence-electron chi connectivity index (χ1n) is 10.2. The van der Waals surface area contributed by atoms with Crippen molar-refractivity contribution in [2.75, 3.05) is 13.1 Å². The monoisotopic (exact) mass is 380 g/mol. The molecule has 0 bridgehead atoms. The second kappa shape index (κ2) is 8.30. The molecule has 1 aromatic heterocycles. The van der Waals surface area contributed by atoms with Gasteiger partial charge in [-0.3, -0.25) is 9.48 Å². The van der Waals surface area contributed by atoms with Crippen molar-refractivity contribution in [1.82, 2.24) is 20.0 Å². The summed E-state index contributed by atoms with van der Waals surface area (Å²) in [6.07, 6.45) is 12.7. The minimum absolute atomic E-state index is 0. The van der Waals surface area contributed by atoms with Gasteiger partial charge in [-0.05, 0) is 50.0 Å². The van der Waals surface area contributed by atoms with Crippen molar-refractivity contribution < 1.29 is 4.79 Å². The predicted molar refractivity (Wildman–Crippen MR) is 105 cm³/mol. The molecule has 1 N–H and O–H groups in total. The van der Waals surface area contributed by atoms with Gasteiger partial charge in [0, 0.05) is 44.3 Å². The second-order valence-electron chi connectivity index (χ2n) is 8.38. The number of hydrogen-bond donors (Lipinski definition) is 1. The summed E-state index contributed by atoms with van der Waals surface area (Å²) in [6, 6.07) is 1.00. The molecular weight excluding hydrogens is 348 g/mol. The first-order chi connectivity index (χ1) is 12.2. The summed E-state index contributed by atoms with van der Waals surface area (Å²) in [6.45, 7) is 4.01. The van der Waals surface area contributed by atoms with E-state index < -0.39 is 0 Å². The van der Waals surface area contributed by atoms with Crippen molar-refractivity contribution in [2.45, 2.75) is 69.9 Å². The van der Waals surface area contributed by atoms with Crippen LogP contribution in [-0.2, 0) is 11.8 Å². The first-order valence-corrected chi connectivity index (χ1v) is 10.2. The molecule has 1 amide bonds. The largest absolute Gasteiger partial charge is 0.336 e. The predicted octanol–water partition coefficient (Wildman–Crippen LogP) is 3.10. The molecule has 2 atom stereocenters. The van der Waals surface area contributed by atoms with Crippen molar-refractivity contribution in [3.8, 4) is 0 Å². The van der Waals surface area contributed by atoms with Crippen LogP contribution in [0.3, 0.4) is 0 Å². The van der Waals surface area contributed by atoms with Crippen LogP contribution >= 0.6 is 12.4 Å². The number of amides is 1. The van der Waals surface area contributed by atoms with Crippen LogP contribution in [0.1, 0.15) is 63.4 Å². The summed E-state index contributed by atoms with van der Waals surface area (Å²) >= 11 is 0. The molecule has 2 aliphatic carbocycles. The molecule has 1 saturated heterocycles. The Kier molecular flexibility index (Phi) is 6.29. The molecular formula is C20H33ClN4O. The fraction of sp³-hybridized carbons (Fsp3) is 0.800. The van der Waals surface area contributed by atoms with Crippen molar-refractivity contribution in [2.24, 2.45) is 18.9 Å². The summed E-state index contributed by atoms with van der Waals surface area (Å²) in [4.78, 5) is 15.9. The summed E-state index contributed by atoms with van der Waals surface area (Å²) in [5.74, 6) is 1.63. The molecule has 3 aliphatic rings. The Morgan fingerprint density at radius 1 is 1.19 bits per heavy atom. The van der Waals surface area contributed by atoms with Gasteiger partial charge in [0.15, 0.2) is 0 Å². The first kappa shape index (κ1) is 19.7. The number of rotatable bonds is 5. The van der Waals surface area contributed by atoms with Crippen LogP contribution in [0.5, 0.6) is 0 Å². The summed E-state index contributed by atoms with van der Waals surface area (Å²) in [7, 11) is 1.95. The molecule has 2 saturated carbocycles. The van der Waals surface area contributed by atoms with Gasteiger partial charge in [-0.1, -0.05) is 13.3 Å². The van der Waals surface area contributed by atoms with Crippen LogP contribution in [0.25, 0.3) is 0 Å². The Hall–Kier alpha value is -1.07. The number of halogens is 1. The summed E-state index contributed by atoms with van der Waals surface area (Å²) in [5.41, 5.74) is 1.20. The molecule has 26 heavy (non-hydrogen) atoms. The molecule has 0 spiro atoms. The third kappa shape index (κ3) is 3.94. The van der Waals surface area contributed by atoms with Crippen LogP contribution in [-0.4, -0.2) is 45.8 Å². The molecule has 0 aromatic carbocycles. The van der Waals surface area contributed by atoms with E-state index in [1.165, 1.54) is 50.5 Å². The van der Waals surface area contributed by atoms with Crippen LogP contribution in [0, 0.1) is 11.8 Å². The lowest BCUT2D eigenvalue weighted by Crippen LogP contribution is -2.47. The third-order valence-electron chi connectivity index (χ3n) is 6.67. The molecule has 1 aromatic rings. The standard InChI is InChI=1S/C20H32N4O.ClH/c1-3-14-4-6-16(7-5-14)24(17-8-9-17)20(25)19-12-21-11-18(19)15-10-22-23(2)13-15;/h10,13-14,16-19,21H,3-9,11-12H2,1-2H3;1H/t14?,16?,18-,19+;/m1./s1. The number of aromatic nitrogens is 2. The Bertz CT molecular complexity index is 607. The van der Waals surface area contributed by atoms with E-state index in [4.69, 9.17) is 0 Å². The van der Waals surface area contributed by atoms with Crippen molar-refractivity contribution >= 4 is 18.3 Å². The minimum atomic E-state index is 0. The number of aryl methyl sites for hydroxylation is 1. The van der Waals surface area contributed by atoms with E-state index in [2.05, 4.69) is 28.4 Å². The van der Waals surface area contributed by atoms with Gasteiger partial charge in [0.05, 0.1) is 12.1 Å². The lowest BCUT2D eigenvalue weighted by atomic mass is 9.82. The average molecular weight is 381 g/mol. The molecule has 146 valence electrons. The fourth-order valence-electron chi connectivity index (χ4n) is 4.95. The third-order valence-corrected chi connectivity index (χ3v) is 6.67. The zero-order chi connectivity index (χ0) is 17.4. The van der Waals surface area contributed by atoms with E-state index in [1.807, 2.05) is 17.9 Å². The van der Waals surface area contributed by atoms with E-state index in [9.17, 15) is 4.79 Å². The van der Waals surface area contributed by atoms with Crippen LogP contribution in [0.4, 0.5) is 0 Å².